The van der Waals surface area contributed by atoms with Gasteiger partial charge in [-0.1, -0.05) is 38.3 Å². The van der Waals surface area contributed by atoms with E-state index < -0.39 is 19.7 Å². The van der Waals surface area contributed by atoms with Crippen molar-refractivity contribution < 1.29 is 16.8 Å². The van der Waals surface area contributed by atoms with Crippen LogP contribution in [0, 0.1) is 0 Å². The van der Waals surface area contributed by atoms with E-state index in [2.05, 4.69) is 0 Å². The van der Waals surface area contributed by atoms with Crippen molar-refractivity contribution in [1.29, 1.82) is 0 Å². The molecule has 0 saturated carbocycles. The Morgan fingerprint density at radius 2 is 1.11 bits per heavy atom. The van der Waals surface area contributed by atoms with Gasteiger partial charge in [-0.25, -0.2) is 16.8 Å². The van der Waals surface area contributed by atoms with Gasteiger partial charge >= 0.3 is 0 Å². The molecule has 4 nitrogen and oxygen atoms in total. The highest BCUT2D eigenvalue weighted by atomic mass is 33.1. The molecule has 0 radical (unpaired) electrons. The summed E-state index contributed by atoms with van der Waals surface area (Å²) in [4.78, 5) is 0. The lowest BCUT2D eigenvalue weighted by atomic mass is 10.6. The zero-order valence-electron chi connectivity index (χ0n) is 9.91. The van der Waals surface area contributed by atoms with E-state index in [4.69, 9.17) is 24.4 Å². The minimum Gasteiger partial charge on any atom is -0.222 e. The molecule has 0 aromatic heterocycles. The van der Waals surface area contributed by atoms with Crippen LogP contribution >= 0.6 is 46.0 Å². The second-order valence-electron chi connectivity index (χ2n) is 3.30. The standard InChI is InChI=1S/C8H14O4S6/c1-3-5-17(9,10)7(13)15-16-8(14)18(11,12)6-4-2/h3-6H2,1-2H3. The van der Waals surface area contributed by atoms with Crippen molar-refractivity contribution in [3.63, 3.8) is 0 Å². The van der Waals surface area contributed by atoms with Crippen molar-refractivity contribution in [2.75, 3.05) is 11.5 Å². The SMILES string of the molecule is CCCS(=O)(=O)C(=S)SSC(=S)S(=O)(=O)CCC. The maximum Gasteiger partial charge on any atom is 0.195 e. The molecule has 0 unspecified atom stereocenters. The van der Waals surface area contributed by atoms with Crippen LogP contribution in [0.2, 0.25) is 0 Å². The molecule has 0 N–H and O–H groups in total. The summed E-state index contributed by atoms with van der Waals surface area (Å²) in [5.74, 6) is -0.0677. The summed E-state index contributed by atoms with van der Waals surface area (Å²) >= 11 is 9.52. The molecule has 18 heavy (non-hydrogen) atoms. The van der Waals surface area contributed by atoms with Crippen LogP contribution in [0.1, 0.15) is 26.7 Å². The van der Waals surface area contributed by atoms with Crippen LogP contribution < -0.4 is 0 Å². The van der Waals surface area contributed by atoms with Crippen molar-refractivity contribution in [3.8, 4) is 0 Å². The van der Waals surface area contributed by atoms with Gasteiger partial charge in [0.05, 0.1) is 11.5 Å². The number of rotatable bonds is 4. The number of thiocarbonyl (C=S) groups is 2. The second-order valence-corrected chi connectivity index (χ2v) is 11.9. The molecule has 0 aromatic carbocycles. The maximum absolute atomic E-state index is 11.6. The van der Waals surface area contributed by atoms with Crippen LogP contribution in [0.4, 0.5) is 0 Å². The lowest BCUT2D eigenvalue weighted by Gasteiger charge is -2.05. The monoisotopic (exact) mass is 366 g/mol. The topological polar surface area (TPSA) is 68.3 Å². The van der Waals surface area contributed by atoms with Crippen LogP contribution in [0.3, 0.4) is 0 Å². The average molecular weight is 367 g/mol. The maximum atomic E-state index is 11.6. The van der Waals surface area contributed by atoms with E-state index in [1.165, 1.54) is 0 Å². The van der Waals surface area contributed by atoms with Crippen LogP contribution in [-0.4, -0.2) is 35.4 Å². The summed E-state index contributed by atoms with van der Waals surface area (Å²) < 4.78 is 45.8. The van der Waals surface area contributed by atoms with Crippen molar-refractivity contribution in [3.05, 3.63) is 0 Å². The van der Waals surface area contributed by atoms with Gasteiger partial charge < -0.3 is 0 Å². The lowest BCUT2D eigenvalue weighted by Crippen LogP contribution is -2.15. The van der Waals surface area contributed by atoms with E-state index >= 15 is 0 Å². The summed E-state index contributed by atoms with van der Waals surface area (Å²) in [6.07, 6.45) is 0.929. The highest BCUT2D eigenvalue weighted by molar-refractivity contribution is 8.95. The third-order valence-corrected chi connectivity index (χ3v) is 11.5. The fraction of sp³-hybridized carbons (Fsp3) is 0.750. The zero-order valence-corrected chi connectivity index (χ0v) is 14.8. The third kappa shape index (κ3) is 6.29. The van der Waals surface area contributed by atoms with Gasteiger partial charge in [0.1, 0.15) is 0 Å². The Morgan fingerprint density at radius 1 is 0.833 bits per heavy atom. The molecule has 0 aliphatic carbocycles. The molecule has 0 saturated heterocycles. The average Bonchev–Trinajstić information content (AvgIpc) is 2.24. The van der Waals surface area contributed by atoms with E-state index in [1.54, 1.807) is 13.8 Å². The van der Waals surface area contributed by atoms with E-state index in [1.807, 2.05) is 0 Å². The van der Waals surface area contributed by atoms with Gasteiger partial charge in [-0.15, -0.1) is 0 Å². The summed E-state index contributed by atoms with van der Waals surface area (Å²) in [5.41, 5.74) is 0. The quantitative estimate of drug-likeness (QED) is 0.555. The Labute approximate surface area is 127 Å². The summed E-state index contributed by atoms with van der Waals surface area (Å²) in [6, 6.07) is 0. The van der Waals surface area contributed by atoms with Crippen LogP contribution in [0.5, 0.6) is 0 Å². The predicted molar refractivity (Wildman–Crippen MR) is 88.5 cm³/mol. The summed E-state index contributed by atoms with van der Waals surface area (Å²) in [7, 11) is -5.44. The van der Waals surface area contributed by atoms with Crippen molar-refractivity contribution in [1.82, 2.24) is 0 Å². The Morgan fingerprint density at radius 3 is 1.33 bits per heavy atom. The third-order valence-electron chi connectivity index (χ3n) is 1.63. The Hall–Kier alpha value is 0.780. The summed E-state index contributed by atoms with van der Waals surface area (Å²) in [6.45, 7) is 3.46. The second kappa shape index (κ2) is 8.15. The van der Waals surface area contributed by atoms with Crippen LogP contribution in [-0.2, 0) is 19.7 Å². The van der Waals surface area contributed by atoms with Gasteiger partial charge in [-0.05, 0) is 34.4 Å². The molecule has 0 rings (SSSR count). The molecule has 0 fully saturated rings. The Balaban J connectivity index is 4.53. The van der Waals surface area contributed by atoms with E-state index in [-0.39, 0.29) is 18.6 Å². The fourth-order valence-corrected chi connectivity index (χ4v) is 7.75. The van der Waals surface area contributed by atoms with Crippen molar-refractivity contribution in [2.45, 2.75) is 26.7 Å². The first-order chi connectivity index (χ1) is 8.17. The molecule has 106 valence electrons. The molecule has 0 atom stereocenters. The minimum atomic E-state index is -3.44. The predicted octanol–water partition coefficient (Wildman–Crippen LogP) is 2.59. The largest absolute Gasteiger partial charge is 0.222 e. The molecule has 0 aromatic rings. The highest BCUT2D eigenvalue weighted by Gasteiger charge is 2.22. The molecular weight excluding hydrogens is 352 g/mol. The molecule has 0 amide bonds. The zero-order chi connectivity index (χ0) is 14.4. The molecule has 10 heteroatoms. The van der Waals surface area contributed by atoms with Gasteiger partial charge in [-0.2, -0.15) is 0 Å². The van der Waals surface area contributed by atoms with Crippen molar-refractivity contribution >= 4 is 72.8 Å². The number of sulfone groups is 2. The minimum absolute atomic E-state index is 0.0339. The molecule has 0 bridgehead atoms. The van der Waals surface area contributed by atoms with E-state index in [0.29, 0.717) is 12.8 Å². The van der Waals surface area contributed by atoms with Gasteiger partial charge in [0, 0.05) is 0 Å². The van der Waals surface area contributed by atoms with E-state index in [9.17, 15) is 16.8 Å². The smallest absolute Gasteiger partial charge is 0.195 e. The first kappa shape index (κ1) is 18.8. The van der Waals surface area contributed by atoms with Crippen molar-refractivity contribution in [2.24, 2.45) is 0 Å². The molecule has 0 aliphatic heterocycles. The van der Waals surface area contributed by atoms with Crippen LogP contribution in [0.25, 0.3) is 0 Å². The normalized spacial score (nSPS) is 12.3. The number of hydrogen-bond acceptors (Lipinski definition) is 8. The van der Waals surface area contributed by atoms with Gasteiger partial charge in [0.25, 0.3) is 0 Å². The molecule has 0 heterocycles. The molecule has 0 aliphatic rings. The number of hydrogen-bond donors (Lipinski definition) is 0. The van der Waals surface area contributed by atoms with Gasteiger partial charge in [0.2, 0.25) is 0 Å². The lowest BCUT2D eigenvalue weighted by molar-refractivity contribution is 0.605. The fourth-order valence-electron chi connectivity index (χ4n) is 0.876. The van der Waals surface area contributed by atoms with Crippen LogP contribution in [0.15, 0.2) is 0 Å². The van der Waals surface area contributed by atoms with E-state index in [0.717, 1.165) is 21.6 Å². The molecule has 0 spiro atoms. The first-order valence-electron chi connectivity index (χ1n) is 5.05. The Bertz CT molecular complexity index is 456. The molecular formula is C8H14O4S6. The van der Waals surface area contributed by atoms with Gasteiger partial charge in [0.15, 0.2) is 26.7 Å². The highest BCUT2D eigenvalue weighted by Crippen LogP contribution is 2.30. The summed E-state index contributed by atoms with van der Waals surface area (Å²) in [5, 5.41) is 0. The Kier molecular flexibility index (Phi) is 8.51. The first-order valence-corrected chi connectivity index (χ1v) is 11.3. The van der Waals surface area contributed by atoms with Gasteiger partial charge in [-0.3, -0.25) is 0 Å².